The van der Waals surface area contributed by atoms with E-state index < -0.39 is 26.6 Å². The second kappa shape index (κ2) is 6.18. The van der Waals surface area contributed by atoms with Gasteiger partial charge in [0.05, 0.1) is 16.0 Å². The van der Waals surface area contributed by atoms with Gasteiger partial charge < -0.3 is 9.87 Å². The van der Waals surface area contributed by atoms with Crippen molar-refractivity contribution in [3.63, 3.8) is 0 Å². The number of benzene rings is 2. The van der Waals surface area contributed by atoms with Crippen LogP contribution < -0.4 is 34.9 Å². The van der Waals surface area contributed by atoms with Crippen LogP contribution in [0.1, 0.15) is 31.8 Å². The Labute approximate surface area is 154 Å². The predicted molar refractivity (Wildman–Crippen MR) is 77.3 cm³/mol. The first-order valence-electron chi connectivity index (χ1n) is 6.35. The number of anilines is 1. The molecule has 0 fully saturated rings. The van der Waals surface area contributed by atoms with Gasteiger partial charge >= 0.3 is 29.6 Å². The van der Waals surface area contributed by atoms with E-state index >= 15 is 0 Å². The van der Waals surface area contributed by atoms with Crippen LogP contribution in [-0.4, -0.2) is 31.6 Å². The van der Waals surface area contributed by atoms with Crippen molar-refractivity contribution in [2.24, 2.45) is 0 Å². The van der Waals surface area contributed by atoms with Crippen LogP contribution >= 0.6 is 0 Å². The van der Waals surface area contributed by atoms with Crippen LogP contribution in [0.5, 0.6) is 0 Å². The molecule has 0 spiro atoms. The van der Waals surface area contributed by atoms with Gasteiger partial charge in [-0.15, -0.1) is 0 Å². The monoisotopic (exact) mass is 339 g/mol. The van der Waals surface area contributed by atoms with Gasteiger partial charge in [-0.05, 0) is 12.1 Å². The number of fused-ring (bicyclic) bond motifs is 2. The third-order valence-corrected chi connectivity index (χ3v) is 4.45. The van der Waals surface area contributed by atoms with Gasteiger partial charge in [0.2, 0.25) is 0 Å². The van der Waals surface area contributed by atoms with Crippen LogP contribution in [0, 0.1) is 0 Å². The minimum Gasteiger partial charge on any atom is -0.744 e. The number of hydrogen-bond donors (Lipinski definition) is 1. The molecule has 2 aromatic carbocycles. The fourth-order valence-electron chi connectivity index (χ4n) is 2.63. The largest absolute Gasteiger partial charge is 1.00 e. The van der Waals surface area contributed by atoms with Gasteiger partial charge in [0.25, 0.3) is 0 Å². The number of nitrogens with one attached hydrogen (secondary N) is 1. The molecule has 0 radical (unpaired) electrons. The van der Waals surface area contributed by atoms with E-state index in [-0.39, 0.29) is 51.8 Å². The predicted octanol–water partition coefficient (Wildman–Crippen LogP) is -1.59. The van der Waals surface area contributed by atoms with E-state index in [1.165, 1.54) is 18.2 Å². The summed E-state index contributed by atoms with van der Waals surface area (Å²) in [7, 11) is -3.25. The molecule has 0 heterocycles. The van der Waals surface area contributed by atoms with Crippen molar-refractivity contribution < 1.29 is 52.1 Å². The Morgan fingerprint density at radius 3 is 2.00 bits per heavy atom. The minimum absolute atomic E-state index is 0. The Bertz CT molecular complexity index is 937. The van der Waals surface area contributed by atoms with Crippen LogP contribution in [0.3, 0.4) is 0 Å². The topological polar surface area (TPSA) is 103 Å². The molecule has 0 unspecified atom stereocenters. The maximum Gasteiger partial charge on any atom is 1.00 e. The summed E-state index contributed by atoms with van der Waals surface area (Å²) < 4.78 is 34.1. The van der Waals surface area contributed by atoms with Gasteiger partial charge in [-0.1, -0.05) is 24.3 Å². The van der Waals surface area contributed by atoms with E-state index in [0.717, 1.165) is 6.07 Å². The first-order chi connectivity index (χ1) is 10.4. The molecule has 0 saturated heterocycles. The van der Waals surface area contributed by atoms with Crippen LogP contribution in [0.25, 0.3) is 0 Å². The normalized spacial score (nSPS) is 13.0. The second-order valence-corrected chi connectivity index (χ2v) is 6.12. The molecule has 0 atom stereocenters. The molecule has 0 bridgehead atoms. The van der Waals surface area contributed by atoms with E-state index in [1.807, 2.05) is 0 Å². The summed E-state index contributed by atoms with van der Waals surface area (Å²) in [5, 5.41) is 2.83. The number of carbonyl (C=O) groups excluding carboxylic acids is 2. The molecule has 6 nitrogen and oxygen atoms in total. The van der Waals surface area contributed by atoms with E-state index in [1.54, 1.807) is 19.2 Å². The van der Waals surface area contributed by atoms with Crippen molar-refractivity contribution in [3.8, 4) is 0 Å². The Morgan fingerprint density at radius 1 is 0.913 bits per heavy atom. The Kier molecular flexibility index (Phi) is 4.79. The van der Waals surface area contributed by atoms with Gasteiger partial charge in [0.15, 0.2) is 11.6 Å². The maximum atomic E-state index is 12.6. The zero-order chi connectivity index (χ0) is 16.1. The SMILES string of the molecule is CNc1cccc2c1C(=O)c1cccc(S(=O)(=O)[O-])c1C2=O.[Na+]. The summed E-state index contributed by atoms with van der Waals surface area (Å²) in [5.41, 5.74) is 0.320. The molecule has 0 aromatic heterocycles. The second-order valence-electron chi connectivity index (χ2n) is 4.77. The zero-order valence-corrected chi connectivity index (χ0v) is 15.2. The summed E-state index contributed by atoms with van der Waals surface area (Å²) in [6.45, 7) is 0. The first-order valence-corrected chi connectivity index (χ1v) is 7.76. The summed E-state index contributed by atoms with van der Waals surface area (Å²) >= 11 is 0. The zero-order valence-electron chi connectivity index (χ0n) is 12.4. The van der Waals surface area contributed by atoms with Gasteiger partial charge in [-0.3, -0.25) is 9.59 Å². The van der Waals surface area contributed by atoms with Crippen molar-refractivity contribution in [2.45, 2.75) is 4.90 Å². The fourth-order valence-corrected chi connectivity index (χ4v) is 3.32. The van der Waals surface area contributed by atoms with Crippen molar-refractivity contribution in [1.29, 1.82) is 0 Å². The molecule has 23 heavy (non-hydrogen) atoms. The third kappa shape index (κ3) is 2.75. The molecule has 1 N–H and O–H groups in total. The average molecular weight is 339 g/mol. The molecule has 3 rings (SSSR count). The van der Waals surface area contributed by atoms with E-state index in [4.69, 9.17) is 0 Å². The molecule has 1 aliphatic carbocycles. The summed E-state index contributed by atoms with van der Waals surface area (Å²) in [6.07, 6.45) is 0. The quantitative estimate of drug-likeness (QED) is 0.446. The third-order valence-electron chi connectivity index (χ3n) is 3.57. The van der Waals surface area contributed by atoms with E-state index in [0.29, 0.717) is 5.69 Å². The average Bonchev–Trinajstić information content (AvgIpc) is 2.50. The van der Waals surface area contributed by atoms with Crippen LogP contribution in [0.2, 0.25) is 0 Å². The molecule has 112 valence electrons. The molecular formula is C15H10NNaO5S. The van der Waals surface area contributed by atoms with Gasteiger partial charge in [-0.2, -0.15) is 0 Å². The van der Waals surface area contributed by atoms with Crippen LogP contribution in [-0.2, 0) is 10.1 Å². The number of hydrogen-bond acceptors (Lipinski definition) is 6. The van der Waals surface area contributed by atoms with Gasteiger partial charge in [-0.25, -0.2) is 8.42 Å². The van der Waals surface area contributed by atoms with Crippen molar-refractivity contribution >= 4 is 27.4 Å². The maximum absolute atomic E-state index is 12.6. The first kappa shape index (κ1) is 17.8. The molecular weight excluding hydrogens is 329 g/mol. The Balaban J connectivity index is 0.00000192. The summed E-state index contributed by atoms with van der Waals surface area (Å²) in [4.78, 5) is 24.6. The molecule has 0 aliphatic heterocycles. The standard InChI is InChI=1S/C15H11NO5S.Na/c1-16-10-6-2-4-8-12(10)14(17)9-5-3-7-11(22(19,20)21)13(9)15(8)18;/h2-7,16H,1H3,(H,19,20,21);/q;+1/p-1. The smallest absolute Gasteiger partial charge is 0.744 e. The van der Waals surface area contributed by atoms with Crippen molar-refractivity contribution in [2.75, 3.05) is 12.4 Å². The summed E-state index contributed by atoms with van der Waals surface area (Å²) in [5.74, 6) is -1.13. The van der Waals surface area contributed by atoms with Crippen molar-refractivity contribution in [3.05, 3.63) is 58.7 Å². The van der Waals surface area contributed by atoms with E-state index in [2.05, 4.69) is 5.32 Å². The number of ketones is 2. The number of carbonyl (C=O) groups is 2. The van der Waals surface area contributed by atoms with Gasteiger partial charge in [0, 0.05) is 23.9 Å². The molecule has 1 aliphatic rings. The molecule has 2 aromatic rings. The van der Waals surface area contributed by atoms with Crippen LogP contribution in [0.4, 0.5) is 5.69 Å². The van der Waals surface area contributed by atoms with Crippen LogP contribution in [0.15, 0.2) is 41.3 Å². The summed E-state index contributed by atoms with van der Waals surface area (Å²) in [6, 6.07) is 8.33. The molecule has 8 heteroatoms. The molecule has 0 saturated carbocycles. The van der Waals surface area contributed by atoms with E-state index in [9.17, 15) is 22.6 Å². The Morgan fingerprint density at radius 2 is 1.43 bits per heavy atom. The van der Waals surface area contributed by atoms with Crippen molar-refractivity contribution in [1.82, 2.24) is 0 Å². The fraction of sp³-hybridized carbons (Fsp3) is 0.0667. The van der Waals surface area contributed by atoms with Gasteiger partial charge in [0.1, 0.15) is 10.1 Å². The minimum atomic E-state index is -4.86. The molecule has 0 amide bonds. The number of rotatable bonds is 2. The Hall–Kier alpha value is -1.51.